The van der Waals surface area contributed by atoms with Crippen molar-refractivity contribution < 1.29 is 19.8 Å². The van der Waals surface area contributed by atoms with E-state index in [1.54, 1.807) is 11.8 Å². The third-order valence-electron chi connectivity index (χ3n) is 2.37. The fourth-order valence-electron chi connectivity index (χ4n) is 1.67. The van der Waals surface area contributed by atoms with Gasteiger partial charge in [0.05, 0.1) is 6.42 Å². The maximum atomic E-state index is 11.1. The van der Waals surface area contributed by atoms with E-state index in [1.165, 1.54) is 0 Å². The summed E-state index contributed by atoms with van der Waals surface area (Å²) in [4.78, 5) is 23.4. The van der Waals surface area contributed by atoms with Crippen molar-refractivity contribution in [3.05, 3.63) is 12.2 Å². The van der Waals surface area contributed by atoms with Gasteiger partial charge in [-0.3, -0.25) is 14.5 Å². The highest BCUT2D eigenvalue weighted by atomic mass is 16.4. The number of rotatable bonds is 9. The van der Waals surface area contributed by atoms with E-state index in [1.807, 2.05) is 6.92 Å². The summed E-state index contributed by atoms with van der Waals surface area (Å²) in [5, 5.41) is 17.8. The van der Waals surface area contributed by atoms with Gasteiger partial charge in [0.2, 0.25) is 0 Å². The third-order valence-corrected chi connectivity index (χ3v) is 2.37. The topological polar surface area (TPSA) is 77.8 Å². The number of carbonyl (C=O) groups is 2. The molecule has 0 bridgehead atoms. The van der Waals surface area contributed by atoms with Crippen LogP contribution < -0.4 is 0 Å². The van der Waals surface area contributed by atoms with Crippen molar-refractivity contribution in [2.75, 3.05) is 13.1 Å². The van der Waals surface area contributed by atoms with Crippen LogP contribution in [0.5, 0.6) is 0 Å². The Morgan fingerprint density at radius 1 is 1.35 bits per heavy atom. The molecule has 98 valence electrons. The highest BCUT2D eigenvalue weighted by Crippen LogP contribution is 2.10. The first-order valence-electron chi connectivity index (χ1n) is 5.71. The van der Waals surface area contributed by atoms with Crippen LogP contribution in [-0.2, 0) is 9.59 Å². The van der Waals surface area contributed by atoms with E-state index >= 15 is 0 Å². The van der Waals surface area contributed by atoms with Gasteiger partial charge in [-0.05, 0) is 13.3 Å². The van der Waals surface area contributed by atoms with Crippen LogP contribution in [0.25, 0.3) is 0 Å². The zero-order valence-electron chi connectivity index (χ0n) is 10.5. The van der Waals surface area contributed by atoms with Crippen LogP contribution in [0.3, 0.4) is 0 Å². The van der Waals surface area contributed by atoms with Crippen molar-refractivity contribution in [2.45, 2.75) is 39.2 Å². The summed E-state index contributed by atoms with van der Waals surface area (Å²) >= 11 is 0. The first-order chi connectivity index (χ1) is 7.88. The molecule has 0 aliphatic rings. The van der Waals surface area contributed by atoms with Crippen molar-refractivity contribution in [1.82, 2.24) is 4.90 Å². The maximum Gasteiger partial charge on any atom is 0.320 e. The van der Waals surface area contributed by atoms with E-state index in [9.17, 15) is 9.59 Å². The number of hydrogen-bond donors (Lipinski definition) is 2. The van der Waals surface area contributed by atoms with E-state index < -0.39 is 18.0 Å². The smallest absolute Gasteiger partial charge is 0.320 e. The zero-order valence-corrected chi connectivity index (χ0v) is 10.5. The van der Waals surface area contributed by atoms with Gasteiger partial charge in [0.1, 0.15) is 6.04 Å². The third kappa shape index (κ3) is 6.73. The lowest BCUT2D eigenvalue weighted by Gasteiger charge is -2.28. The number of nitrogens with zero attached hydrogens (tertiary/aromatic N) is 1. The highest BCUT2D eigenvalue weighted by Gasteiger charge is 2.24. The first kappa shape index (κ1) is 15.6. The molecule has 0 saturated carbocycles. The maximum absolute atomic E-state index is 11.1. The normalized spacial score (nSPS) is 12.4. The molecule has 0 saturated heterocycles. The molecule has 0 aromatic heterocycles. The van der Waals surface area contributed by atoms with Gasteiger partial charge in [-0.15, -0.1) is 0 Å². The van der Waals surface area contributed by atoms with Gasteiger partial charge in [-0.2, -0.15) is 0 Å². The molecule has 0 fully saturated rings. The first-order valence-corrected chi connectivity index (χ1v) is 5.71. The van der Waals surface area contributed by atoms with Gasteiger partial charge in [-0.25, -0.2) is 0 Å². The molecule has 0 radical (unpaired) electrons. The number of hydrogen-bond acceptors (Lipinski definition) is 3. The molecule has 0 spiro atoms. The second-order valence-electron chi connectivity index (χ2n) is 4.21. The summed E-state index contributed by atoms with van der Waals surface area (Å²) in [6.07, 6.45) is 1.21. The number of carboxylic acids is 2. The minimum absolute atomic E-state index is 0.0548. The standard InChI is InChI=1S/C12H21NO4/c1-4-5-10(12(16)17)13(8-9(2)3)7-6-11(14)15/h10H,2,4-8H2,1,3H3,(H,14,15)(H,16,17). The molecule has 0 heterocycles. The predicted molar refractivity (Wildman–Crippen MR) is 65.0 cm³/mol. The van der Waals surface area contributed by atoms with Gasteiger partial charge in [0.15, 0.2) is 0 Å². The Morgan fingerprint density at radius 3 is 2.29 bits per heavy atom. The Balaban J connectivity index is 4.65. The van der Waals surface area contributed by atoms with Crippen LogP contribution in [0.1, 0.15) is 33.1 Å². The summed E-state index contributed by atoms with van der Waals surface area (Å²) in [7, 11) is 0. The van der Waals surface area contributed by atoms with Crippen LogP contribution in [0.2, 0.25) is 0 Å². The van der Waals surface area contributed by atoms with Crippen LogP contribution in [0, 0.1) is 0 Å². The minimum Gasteiger partial charge on any atom is -0.481 e. The van der Waals surface area contributed by atoms with Crippen molar-refractivity contribution in [2.24, 2.45) is 0 Å². The average Bonchev–Trinajstić information content (AvgIpc) is 2.20. The van der Waals surface area contributed by atoms with Gasteiger partial charge in [0.25, 0.3) is 0 Å². The van der Waals surface area contributed by atoms with Gasteiger partial charge >= 0.3 is 11.9 Å². The summed E-state index contributed by atoms with van der Waals surface area (Å²) in [6, 6.07) is -0.629. The molecule has 0 aliphatic heterocycles. The van der Waals surface area contributed by atoms with Crippen LogP contribution in [0.4, 0.5) is 0 Å². The Bertz CT molecular complexity index is 288. The molecule has 1 unspecified atom stereocenters. The monoisotopic (exact) mass is 243 g/mol. The number of aliphatic carboxylic acids is 2. The SMILES string of the molecule is C=C(C)CN(CCC(=O)O)C(CCC)C(=O)O. The van der Waals surface area contributed by atoms with Crippen molar-refractivity contribution in [1.29, 1.82) is 0 Å². The Labute approximate surface area is 102 Å². The van der Waals surface area contributed by atoms with Crippen molar-refractivity contribution >= 4 is 11.9 Å². The average molecular weight is 243 g/mol. The summed E-state index contributed by atoms with van der Waals surface area (Å²) in [6.45, 7) is 8.11. The molecule has 0 amide bonds. The second kappa shape index (κ2) is 7.84. The predicted octanol–water partition coefficient (Wildman–Crippen LogP) is 1.59. The van der Waals surface area contributed by atoms with Gasteiger partial charge in [-0.1, -0.05) is 25.5 Å². The summed E-state index contributed by atoms with van der Waals surface area (Å²) < 4.78 is 0. The molecular weight excluding hydrogens is 222 g/mol. The lowest BCUT2D eigenvalue weighted by Crippen LogP contribution is -2.43. The lowest BCUT2D eigenvalue weighted by atomic mass is 10.1. The second-order valence-corrected chi connectivity index (χ2v) is 4.21. The molecule has 0 rings (SSSR count). The minimum atomic E-state index is -0.919. The molecule has 0 aliphatic carbocycles. The van der Waals surface area contributed by atoms with E-state index in [4.69, 9.17) is 10.2 Å². The Kier molecular flexibility index (Phi) is 7.21. The van der Waals surface area contributed by atoms with Crippen molar-refractivity contribution in [3.8, 4) is 0 Å². The van der Waals surface area contributed by atoms with Crippen LogP contribution in [-0.4, -0.2) is 46.2 Å². The quantitative estimate of drug-likeness (QED) is 0.601. The molecule has 0 aromatic carbocycles. The fraction of sp³-hybridized carbons (Fsp3) is 0.667. The highest BCUT2D eigenvalue weighted by molar-refractivity contribution is 5.73. The molecular formula is C12H21NO4. The van der Waals surface area contributed by atoms with Crippen molar-refractivity contribution in [3.63, 3.8) is 0 Å². The Hall–Kier alpha value is -1.36. The van der Waals surface area contributed by atoms with Gasteiger partial charge in [0, 0.05) is 13.1 Å². The Morgan fingerprint density at radius 2 is 1.94 bits per heavy atom. The van der Waals surface area contributed by atoms with E-state index in [0.29, 0.717) is 13.0 Å². The molecule has 1 atom stereocenters. The molecule has 17 heavy (non-hydrogen) atoms. The van der Waals surface area contributed by atoms with Crippen LogP contribution in [0.15, 0.2) is 12.2 Å². The summed E-state index contributed by atoms with van der Waals surface area (Å²) in [5.41, 5.74) is 0.831. The van der Waals surface area contributed by atoms with Gasteiger partial charge < -0.3 is 10.2 Å². The van der Waals surface area contributed by atoms with E-state index in [0.717, 1.165) is 12.0 Å². The summed E-state index contributed by atoms with van der Waals surface area (Å²) in [5.74, 6) is -1.82. The van der Waals surface area contributed by atoms with Crippen LogP contribution >= 0.6 is 0 Å². The van der Waals surface area contributed by atoms with E-state index in [2.05, 4.69) is 6.58 Å². The molecule has 0 aromatic rings. The number of carboxylic acid groups (broad SMARTS) is 2. The fourth-order valence-corrected chi connectivity index (χ4v) is 1.67. The van der Waals surface area contributed by atoms with E-state index in [-0.39, 0.29) is 13.0 Å². The molecule has 5 heteroatoms. The zero-order chi connectivity index (χ0) is 13.4. The molecule has 5 nitrogen and oxygen atoms in total. The molecule has 2 N–H and O–H groups in total. The lowest BCUT2D eigenvalue weighted by molar-refractivity contribution is -0.145. The largest absolute Gasteiger partial charge is 0.481 e.